The Morgan fingerprint density at radius 1 is 1.06 bits per heavy atom. The van der Waals surface area contributed by atoms with Crippen LogP contribution in [0.25, 0.3) is 10.9 Å². The van der Waals surface area contributed by atoms with Crippen molar-refractivity contribution in [2.45, 2.75) is 56.9 Å². The van der Waals surface area contributed by atoms with Gasteiger partial charge in [-0.1, -0.05) is 43.2 Å². The third-order valence-corrected chi connectivity index (χ3v) is 8.89. The summed E-state index contributed by atoms with van der Waals surface area (Å²) in [5.74, 6) is 1.45. The number of likely N-dealkylation sites (tertiary alicyclic amines) is 1. The minimum atomic E-state index is 0.0965. The largest absolute Gasteiger partial charge is 0.346 e. The average Bonchev–Trinajstić information content (AvgIpc) is 3.59. The lowest BCUT2D eigenvalue weighted by Crippen LogP contribution is -2.53. The fourth-order valence-electron chi connectivity index (χ4n) is 7.12. The second kappa shape index (κ2) is 9.17. The molecule has 2 fully saturated rings. The Hall–Kier alpha value is -3.10. The molecule has 5 nitrogen and oxygen atoms in total. The number of nitriles is 1. The fraction of sp³-hybridized carbons (Fsp3) is 0.467. The van der Waals surface area contributed by atoms with E-state index in [4.69, 9.17) is 5.26 Å². The van der Waals surface area contributed by atoms with Crippen molar-refractivity contribution in [2.75, 3.05) is 19.6 Å². The molecule has 35 heavy (non-hydrogen) atoms. The highest BCUT2D eigenvalue weighted by molar-refractivity contribution is 5.98. The molecular weight excluding hydrogens is 432 g/mol. The minimum absolute atomic E-state index is 0.0965. The maximum absolute atomic E-state index is 13.3. The number of benzene rings is 2. The number of fused-ring (bicyclic) bond motifs is 2. The number of piperidine rings is 1. The van der Waals surface area contributed by atoms with E-state index in [9.17, 15) is 4.79 Å². The maximum atomic E-state index is 13.3. The van der Waals surface area contributed by atoms with E-state index in [-0.39, 0.29) is 11.4 Å². The first-order valence-electron chi connectivity index (χ1n) is 13.3. The number of nitrogens with one attached hydrogen (secondary N) is 2. The van der Waals surface area contributed by atoms with Gasteiger partial charge in [-0.15, -0.1) is 0 Å². The van der Waals surface area contributed by atoms with E-state index in [1.165, 1.54) is 37.7 Å². The molecule has 1 aliphatic carbocycles. The van der Waals surface area contributed by atoms with Gasteiger partial charge in [-0.3, -0.25) is 4.79 Å². The molecule has 0 radical (unpaired) electrons. The number of hydrogen-bond acceptors (Lipinski definition) is 3. The molecule has 0 spiro atoms. The summed E-state index contributed by atoms with van der Waals surface area (Å²) in [6.07, 6.45) is 9.79. The van der Waals surface area contributed by atoms with Crippen LogP contribution in [-0.2, 0) is 12.0 Å². The van der Waals surface area contributed by atoms with Crippen molar-refractivity contribution in [3.63, 3.8) is 0 Å². The number of rotatable bonds is 4. The predicted octanol–water partition coefficient (Wildman–Crippen LogP) is 5.51. The molecule has 1 unspecified atom stereocenters. The Morgan fingerprint density at radius 2 is 1.86 bits per heavy atom. The number of carbonyl (C=O) groups is 1. The molecular formula is C30H34N4O. The number of aromatic amines is 1. The first-order chi connectivity index (χ1) is 17.2. The number of carbonyl (C=O) groups excluding carboxylic acids is 1. The maximum Gasteiger partial charge on any atom is 0.253 e. The summed E-state index contributed by atoms with van der Waals surface area (Å²) in [7, 11) is 0. The molecule has 3 aliphatic rings. The van der Waals surface area contributed by atoms with Crippen molar-refractivity contribution in [3.05, 3.63) is 70.9 Å². The van der Waals surface area contributed by atoms with Crippen molar-refractivity contribution in [3.8, 4) is 6.07 Å². The highest BCUT2D eigenvalue weighted by Crippen LogP contribution is 2.48. The van der Waals surface area contributed by atoms with Crippen LogP contribution >= 0.6 is 0 Å². The second-order valence-electron chi connectivity index (χ2n) is 10.8. The van der Waals surface area contributed by atoms with E-state index in [2.05, 4.69) is 40.6 Å². The van der Waals surface area contributed by atoms with Gasteiger partial charge in [0.15, 0.2) is 0 Å². The van der Waals surface area contributed by atoms with E-state index in [1.807, 2.05) is 29.2 Å². The van der Waals surface area contributed by atoms with Crippen LogP contribution in [-0.4, -0.2) is 35.4 Å². The molecule has 0 bridgehead atoms. The summed E-state index contributed by atoms with van der Waals surface area (Å²) in [6, 6.07) is 18.8. The monoisotopic (exact) mass is 466 g/mol. The van der Waals surface area contributed by atoms with Gasteiger partial charge in [-0.05, 0) is 79.7 Å². The quantitative estimate of drug-likeness (QED) is 0.532. The predicted molar refractivity (Wildman–Crippen MR) is 138 cm³/mol. The van der Waals surface area contributed by atoms with Crippen LogP contribution in [0.3, 0.4) is 0 Å². The molecule has 1 saturated carbocycles. The van der Waals surface area contributed by atoms with Crippen molar-refractivity contribution in [2.24, 2.45) is 11.8 Å². The first kappa shape index (κ1) is 22.4. The van der Waals surface area contributed by atoms with Crippen molar-refractivity contribution in [1.82, 2.24) is 15.2 Å². The van der Waals surface area contributed by atoms with E-state index in [0.29, 0.717) is 17.2 Å². The lowest BCUT2D eigenvalue weighted by molar-refractivity contribution is 0.0640. The lowest BCUT2D eigenvalue weighted by atomic mass is 9.67. The molecule has 1 saturated heterocycles. The Kier molecular flexibility index (Phi) is 5.86. The molecule has 180 valence electrons. The zero-order valence-electron chi connectivity index (χ0n) is 20.4. The summed E-state index contributed by atoms with van der Waals surface area (Å²) >= 11 is 0. The van der Waals surface area contributed by atoms with Crippen LogP contribution < -0.4 is 5.32 Å². The van der Waals surface area contributed by atoms with Crippen LogP contribution in [0.15, 0.2) is 48.5 Å². The molecule has 2 aliphatic heterocycles. The summed E-state index contributed by atoms with van der Waals surface area (Å²) in [6.45, 7) is 2.70. The molecule has 1 amide bonds. The Morgan fingerprint density at radius 3 is 2.66 bits per heavy atom. The van der Waals surface area contributed by atoms with E-state index in [1.54, 1.807) is 5.56 Å². The zero-order valence-corrected chi connectivity index (χ0v) is 20.4. The van der Waals surface area contributed by atoms with Crippen LogP contribution in [0.5, 0.6) is 0 Å². The van der Waals surface area contributed by atoms with Crippen LogP contribution in [0, 0.1) is 23.2 Å². The molecule has 1 aromatic heterocycles. The fourth-order valence-corrected chi connectivity index (χ4v) is 7.12. The number of nitrogens with zero attached hydrogens (tertiary/aromatic N) is 2. The van der Waals surface area contributed by atoms with Gasteiger partial charge in [0.25, 0.3) is 5.91 Å². The van der Waals surface area contributed by atoms with Crippen molar-refractivity contribution < 1.29 is 4.79 Å². The van der Waals surface area contributed by atoms with E-state index < -0.39 is 0 Å². The molecule has 2 N–H and O–H groups in total. The summed E-state index contributed by atoms with van der Waals surface area (Å²) < 4.78 is 0. The van der Waals surface area contributed by atoms with Gasteiger partial charge in [0, 0.05) is 41.6 Å². The van der Waals surface area contributed by atoms with Gasteiger partial charge in [0.1, 0.15) is 11.8 Å². The Balaban J connectivity index is 1.17. The van der Waals surface area contributed by atoms with Gasteiger partial charge in [-0.25, -0.2) is 0 Å². The van der Waals surface area contributed by atoms with Crippen molar-refractivity contribution >= 4 is 16.8 Å². The van der Waals surface area contributed by atoms with Gasteiger partial charge in [0.05, 0.1) is 0 Å². The molecule has 5 heteroatoms. The van der Waals surface area contributed by atoms with Crippen molar-refractivity contribution in [1.29, 1.82) is 5.26 Å². The number of amides is 1. The SMILES string of the molecule is N#Cc1cc2ccc(C(=O)N3CCC(CC4(C5CCCC5)NCCc5ccccc54)CC3)cc2[nH]1. The Bertz CT molecular complexity index is 1270. The normalized spacial score (nSPS) is 23.3. The Labute approximate surface area is 207 Å². The highest BCUT2D eigenvalue weighted by Gasteiger charge is 2.45. The third-order valence-electron chi connectivity index (χ3n) is 8.89. The molecule has 3 heterocycles. The van der Waals surface area contributed by atoms with Crippen LogP contribution in [0.4, 0.5) is 0 Å². The lowest BCUT2D eigenvalue weighted by Gasteiger charge is -2.48. The number of aromatic nitrogens is 1. The summed E-state index contributed by atoms with van der Waals surface area (Å²) in [4.78, 5) is 18.4. The second-order valence-corrected chi connectivity index (χ2v) is 10.8. The molecule has 3 aromatic rings. The smallest absolute Gasteiger partial charge is 0.253 e. The van der Waals surface area contributed by atoms with Crippen LogP contribution in [0.1, 0.15) is 72.1 Å². The topological polar surface area (TPSA) is 71.9 Å². The highest BCUT2D eigenvalue weighted by atomic mass is 16.2. The summed E-state index contributed by atoms with van der Waals surface area (Å²) in [5.41, 5.74) is 5.26. The molecule has 1 atom stereocenters. The average molecular weight is 467 g/mol. The third kappa shape index (κ3) is 4.04. The zero-order chi connectivity index (χ0) is 23.8. The van der Waals surface area contributed by atoms with Gasteiger partial charge in [0.2, 0.25) is 0 Å². The number of H-pyrrole nitrogens is 1. The summed E-state index contributed by atoms with van der Waals surface area (Å²) in [5, 5.41) is 14.2. The number of hydrogen-bond donors (Lipinski definition) is 2. The minimum Gasteiger partial charge on any atom is -0.346 e. The van der Waals surface area contributed by atoms with Crippen LogP contribution in [0.2, 0.25) is 0 Å². The molecule has 2 aromatic carbocycles. The standard InChI is InChI=1S/C30H34N4O/c31-20-26-17-23-9-10-24(18-28(23)33-26)29(35)34-15-12-21(13-16-34)19-30(25-6-2-3-7-25)27-8-4-1-5-22(27)11-14-32-30/h1,4-5,8-10,17-18,21,25,32-33H,2-3,6-7,11-16,19H2. The first-order valence-corrected chi connectivity index (χ1v) is 13.3. The van der Waals surface area contributed by atoms with Gasteiger partial charge >= 0.3 is 0 Å². The van der Waals surface area contributed by atoms with E-state index >= 15 is 0 Å². The molecule has 6 rings (SSSR count). The van der Waals surface area contributed by atoms with Gasteiger partial charge < -0.3 is 15.2 Å². The van der Waals surface area contributed by atoms with E-state index in [0.717, 1.165) is 55.7 Å². The van der Waals surface area contributed by atoms with Gasteiger partial charge in [-0.2, -0.15) is 5.26 Å².